The largest absolute Gasteiger partial charge is 0.353 e. The van der Waals surface area contributed by atoms with Gasteiger partial charge in [0.2, 0.25) is 5.91 Å². The Balaban J connectivity index is 1.50. The van der Waals surface area contributed by atoms with E-state index in [1.54, 1.807) is 0 Å². The Morgan fingerprint density at radius 1 is 1.05 bits per heavy atom. The van der Waals surface area contributed by atoms with Gasteiger partial charge in [-0.2, -0.15) is 0 Å². The number of rotatable bonds is 8. The van der Waals surface area contributed by atoms with Crippen LogP contribution < -0.4 is 11.1 Å². The summed E-state index contributed by atoms with van der Waals surface area (Å²) in [5, 5.41) is 3.20. The molecule has 19 heavy (non-hydrogen) atoms. The monoisotopic (exact) mass is 267 g/mol. The van der Waals surface area contributed by atoms with Crippen LogP contribution in [-0.2, 0) is 4.79 Å². The average Bonchev–Trinajstić information content (AvgIpc) is 3.24. The van der Waals surface area contributed by atoms with Crippen LogP contribution in [0, 0.1) is 0 Å². The molecule has 2 fully saturated rings. The van der Waals surface area contributed by atoms with E-state index in [2.05, 4.69) is 10.2 Å². The normalized spacial score (nSPS) is 21.5. The Hall–Kier alpha value is -0.610. The van der Waals surface area contributed by atoms with Gasteiger partial charge in [0, 0.05) is 31.6 Å². The Kier molecular flexibility index (Phi) is 6.11. The fourth-order valence-electron chi connectivity index (χ4n) is 2.93. The molecule has 0 radical (unpaired) electrons. The summed E-state index contributed by atoms with van der Waals surface area (Å²) in [4.78, 5) is 14.4. The van der Waals surface area contributed by atoms with Crippen LogP contribution >= 0.6 is 0 Å². The molecule has 110 valence electrons. The zero-order chi connectivity index (χ0) is 13.5. The van der Waals surface area contributed by atoms with Gasteiger partial charge in [0.15, 0.2) is 0 Å². The van der Waals surface area contributed by atoms with Gasteiger partial charge in [0.05, 0.1) is 0 Å². The quantitative estimate of drug-likeness (QED) is 0.657. The molecular weight excluding hydrogens is 238 g/mol. The SMILES string of the molecule is NCCCCCCC(=O)NC1CCN(C2CC2)CC1. The number of unbranched alkanes of at least 4 members (excludes halogenated alkanes) is 3. The lowest BCUT2D eigenvalue weighted by Gasteiger charge is -2.32. The van der Waals surface area contributed by atoms with Gasteiger partial charge in [-0.05, 0) is 45.1 Å². The second kappa shape index (κ2) is 7.85. The molecule has 3 N–H and O–H groups in total. The molecule has 1 heterocycles. The summed E-state index contributed by atoms with van der Waals surface area (Å²) in [6.45, 7) is 3.12. The van der Waals surface area contributed by atoms with Crippen molar-refractivity contribution in [3.63, 3.8) is 0 Å². The van der Waals surface area contributed by atoms with Crippen LogP contribution in [0.5, 0.6) is 0 Å². The summed E-state index contributed by atoms with van der Waals surface area (Å²) in [5.41, 5.74) is 5.45. The molecule has 0 aromatic heterocycles. The van der Waals surface area contributed by atoms with E-state index in [4.69, 9.17) is 5.73 Å². The zero-order valence-electron chi connectivity index (χ0n) is 12.1. The van der Waals surface area contributed by atoms with Gasteiger partial charge in [0.1, 0.15) is 0 Å². The van der Waals surface area contributed by atoms with Gasteiger partial charge in [-0.3, -0.25) is 4.79 Å². The molecule has 0 aromatic carbocycles. The average molecular weight is 267 g/mol. The van der Waals surface area contributed by atoms with Gasteiger partial charge in [-0.25, -0.2) is 0 Å². The first kappa shape index (κ1) is 14.8. The smallest absolute Gasteiger partial charge is 0.220 e. The van der Waals surface area contributed by atoms with E-state index >= 15 is 0 Å². The summed E-state index contributed by atoms with van der Waals surface area (Å²) in [6.07, 6.45) is 10.1. The second-order valence-electron chi connectivity index (χ2n) is 6.06. The van der Waals surface area contributed by atoms with Gasteiger partial charge in [0.25, 0.3) is 0 Å². The van der Waals surface area contributed by atoms with Crippen molar-refractivity contribution in [1.82, 2.24) is 10.2 Å². The van der Waals surface area contributed by atoms with Crippen LogP contribution in [-0.4, -0.2) is 42.5 Å². The van der Waals surface area contributed by atoms with E-state index in [0.717, 1.165) is 51.1 Å². The van der Waals surface area contributed by atoms with Crippen LogP contribution in [0.1, 0.15) is 57.8 Å². The van der Waals surface area contributed by atoms with Crippen LogP contribution in [0.4, 0.5) is 0 Å². The third-order valence-electron chi connectivity index (χ3n) is 4.32. The van der Waals surface area contributed by atoms with Gasteiger partial charge < -0.3 is 16.0 Å². The Morgan fingerprint density at radius 2 is 1.74 bits per heavy atom. The van der Waals surface area contributed by atoms with Crippen LogP contribution in [0.15, 0.2) is 0 Å². The first-order chi connectivity index (χ1) is 9.29. The standard InChI is InChI=1S/C15H29N3O/c16-10-4-2-1-3-5-15(19)17-13-8-11-18(12-9-13)14-6-7-14/h13-14H,1-12,16H2,(H,17,19). The molecule has 0 spiro atoms. The van der Waals surface area contributed by atoms with Crippen LogP contribution in [0.25, 0.3) is 0 Å². The van der Waals surface area contributed by atoms with Crippen molar-refractivity contribution >= 4 is 5.91 Å². The molecule has 4 nitrogen and oxygen atoms in total. The maximum Gasteiger partial charge on any atom is 0.220 e. The topological polar surface area (TPSA) is 58.4 Å². The molecule has 2 aliphatic rings. The predicted octanol–water partition coefficient (Wildman–Crippen LogP) is 1.64. The number of nitrogens with zero attached hydrogens (tertiary/aromatic N) is 1. The fourth-order valence-corrected chi connectivity index (χ4v) is 2.93. The summed E-state index contributed by atoms with van der Waals surface area (Å²) >= 11 is 0. The van der Waals surface area contributed by atoms with Gasteiger partial charge in [-0.15, -0.1) is 0 Å². The zero-order valence-corrected chi connectivity index (χ0v) is 12.1. The van der Waals surface area contributed by atoms with E-state index < -0.39 is 0 Å². The van der Waals surface area contributed by atoms with Crippen LogP contribution in [0.2, 0.25) is 0 Å². The van der Waals surface area contributed by atoms with Crippen LogP contribution in [0.3, 0.4) is 0 Å². The molecule has 0 aromatic rings. The van der Waals surface area contributed by atoms with Crippen molar-refractivity contribution in [3.8, 4) is 0 Å². The first-order valence-corrected chi connectivity index (χ1v) is 8.03. The van der Waals surface area contributed by atoms with Crippen molar-refractivity contribution < 1.29 is 4.79 Å². The third kappa shape index (κ3) is 5.49. The molecule has 4 heteroatoms. The highest BCUT2D eigenvalue weighted by atomic mass is 16.1. The number of amides is 1. The van der Waals surface area contributed by atoms with E-state index in [1.165, 1.54) is 25.9 Å². The highest BCUT2D eigenvalue weighted by Crippen LogP contribution is 2.29. The van der Waals surface area contributed by atoms with E-state index in [0.29, 0.717) is 12.5 Å². The lowest BCUT2D eigenvalue weighted by atomic mass is 10.0. The van der Waals surface area contributed by atoms with Crippen molar-refractivity contribution in [2.45, 2.75) is 69.9 Å². The first-order valence-electron chi connectivity index (χ1n) is 8.03. The summed E-state index contributed by atoms with van der Waals surface area (Å²) in [5.74, 6) is 0.248. The Morgan fingerprint density at radius 3 is 2.37 bits per heavy atom. The summed E-state index contributed by atoms with van der Waals surface area (Å²) in [6, 6.07) is 1.30. The molecule has 0 unspecified atom stereocenters. The van der Waals surface area contributed by atoms with Crippen molar-refractivity contribution in [2.24, 2.45) is 5.73 Å². The Bertz CT molecular complexity index is 271. The summed E-state index contributed by atoms with van der Waals surface area (Å²) < 4.78 is 0. The number of piperidine rings is 1. The lowest BCUT2D eigenvalue weighted by Crippen LogP contribution is -2.45. The molecule has 1 saturated heterocycles. The minimum atomic E-state index is 0.248. The molecule has 1 aliphatic heterocycles. The maximum absolute atomic E-state index is 11.8. The number of nitrogens with one attached hydrogen (secondary N) is 1. The molecule has 2 rings (SSSR count). The molecular formula is C15H29N3O. The highest BCUT2D eigenvalue weighted by molar-refractivity contribution is 5.76. The molecule has 0 atom stereocenters. The number of likely N-dealkylation sites (tertiary alicyclic amines) is 1. The minimum Gasteiger partial charge on any atom is -0.353 e. The second-order valence-corrected chi connectivity index (χ2v) is 6.06. The number of carbonyl (C=O) groups is 1. The third-order valence-corrected chi connectivity index (χ3v) is 4.32. The number of nitrogens with two attached hydrogens (primary N) is 1. The molecule has 1 saturated carbocycles. The Labute approximate surface area is 117 Å². The lowest BCUT2D eigenvalue weighted by molar-refractivity contribution is -0.122. The summed E-state index contributed by atoms with van der Waals surface area (Å²) in [7, 11) is 0. The van der Waals surface area contributed by atoms with Gasteiger partial charge in [-0.1, -0.05) is 12.8 Å². The molecule has 1 aliphatic carbocycles. The fraction of sp³-hybridized carbons (Fsp3) is 0.933. The van der Waals surface area contributed by atoms with Gasteiger partial charge >= 0.3 is 0 Å². The maximum atomic E-state index is 11.8. The van der Waals surface area contributed by atoms with E-state index in [1.807, 2.05) is 0 Å². The predicted molar refractivity (Wildman–Crippen MR) is 77.9 cm³/mol. The molecule has 1 amide bonds. The van der Waals surface area contributed by atoms with Crippen molar-refractivity contribution in [1.29, 1.82) is 0 Å². The highest BCUT2D eigenvalue weighted by Gasteiger charge is 2.31. The van der Waals surface area contributed by atoms with Crippen molar-refractivity contribution in [2.75, 3.05) is 19.6 Å². The minimum absolute atomic E-state index is 0.248. The molecule has 0 bridgehead atoms. The van der Waals surface area contributed by atoms with E-state index in [-0.39, 0.29) is 5.91 Å². The van der Waals surface area contributed by atoms with Crippen molar-refractivity contribution in [3.05, 3.63) is 0 Å². The number of carbonyl (C=O) groups excluding carboxylic acids is 1. The van der Waals surface area contributed by atoms with E-state index in [9.17, 15) is 4.79 Å². The number of hydrogen-bond acceptors (Lipinski definition) is 3. The number of hydrogen-bond donors (Lipinski definition) is 2.